The van der Waals surface area contributed by atoms with Gasteiger partial charge in [0.15, 0.2) is 0 Å². The van der Waals surface area contributed by atoms with Crippen molar-refractivity contribution in [3.8, 4) is 0 Å². The van der Waals surface area contributed by atoms with Crippen molar-refractivity contribution in [2.24, 2.45) is 0 Å². The van der Waals surface area contributed by atoms with Gasteiger partial charge in [0, 0.05) is 44.6 Å². The molecule has 0 aromatic heterocycles. The largest absolute Gasteiger partial charge is 0.322 e. The van der Waals surface area contributed by atoms with Crippen LogP contribution in [0, 0.1) is 0 Å². The van der Waals surface area contributed by atoms with Crippen molar-refractivity contribution in [3.63, 3.8) is 0 Å². The van der Waals surface area contributed by atoms with E-state index in [-0.39, 0.29) is 31.2 Å². The monoisotopic (exact) mass is 406 g/mol. The Morgan fingerprint density at radius 2 is 2.07 bits per heavy atom. The van der Waals surface area contributed by atoms with Crippen LogP contribution in [-0.4, -0.2) is 65.7 Å². The van der Waals surface area contributed by atoms with E-state index >= 15 is 0 Å². The van der Waals surface area contributed by atoms with Crippen molar-refractivity contribution < 1.29 is 23.2 Å². The Morgan fingerprint density at radius 3 is 2.79 bits per heavy atom. The maximum Gasteiger partial charge on any atom is 0.265 e. The highest BCUT2D eigenvalue weighted by Crippen LogP contribution is 2.31. The van der Waals surface area contributed by atoms with Crippen LogP contribution >= 0.6 is 0 Å². The Morgan fingerprint density at radius 1 is 1.28 bits per heavy atom. The second kappa shape index (κ2) is 7.46. The summed E-state index contributed by atoms with van der Waals surface area (Å²) in [6, 6.07) is 3.82. The smallest absolute Gasteiger partial charge is 0.265 e. The Bertz CT molecular complexity index is 860. The minimum absolute atomic E-state index is 0.189. The van der Waals surface area contributed by atoms with Gasteiger partial charge in [-0.3, -0.25) is 24.6 Å². The number of rotatable bonds is 4. The maximum atomic E-state index is 14.2. The summed E-state index contributed by atoms with van der Waals surface area (Å²) in [7, 11) is 1.66. The van der Waals surface area contributed by atoms with Gasteiger partial charge in [0.1, 0.15) is 6.04 Å². The number of piperidine rings is 2. The molecule has 1 aromatic carbocycles. The van der Waals surface area contributed by atoms with Crippen molar-refractivity contribution >= 4 is 17.7 Å². The summed E-state index contributed by atoms with van der Waals surface area (Å²) in [4.78, 5) is 39.5. The Balaban J connectivity index is 1.48. The number of carbonyl (C=O) groups excluding carboxylic acids is 3. The van der Waals surface area contributed by atoms with Crippen LogP contribution in [0.15, 0.2) is 18.2 Å². The number of fused-ring (bicyclic) bond motifs is 1. The zero-order valence-corrected chi connectivity index (χ0v) is 16.2. The summed E-state index contributed by atoms with van der Waals surface area (Å²) in [6.45, 7) is 1.12. The molecule has 3 amide bonds. The fourth-order valence-corrected chi connectivity index (χ4v) is 4.39. The van der Waals surface area contributed by atoms with Gasteiger partial charge in [-0.05, 0) is 30.7 Å². The number of halogens is 2. The second-order valence-corrected chi connectivity index (χ2v) is 8.04. The molecule has 4 rings (SSSR count). The quantitative estimate of drug-likeness (QED) is 0.726. The van der Waals surface area contributed by atoms with Crippen LogP contribution in [0.25, 0.3) is 0 Å². The van der Waals surface area contributed by atoms with Gasteiger partial charge in [0.25, 0.3) is 11.8 Å². The predicted molar refractivity (Wildman–Crippen MR) is 100 cm³/mol. The lowest BCUT2D eigenvalue weighted by Gasteiger charge is -2.38. The summed E-state index contributed by atoms with van der Waals surface area (Å²) in [5, 5.41) is 5.29. The molecule has 2 N–H and O–H groups in total. The average molecular weight is 406 g/mol. The maximum absolute atomic E-state index is 14.2. The highest BCUT2D eigenvalue weighted by atomic mass is 19.3. The van der Waals surface area contributed by atoms with Gasteiger partial charge < -0.3 is 10.2 Å². The highest BCUT2D eigenvalue weighted by molar-refractivity contribution is 6.05. The molecule has 0 bridgehead atoms. The van der Waals surface area contributed by atoms with Crippen LogP contribution in [-0.2, 0) is 22.7 Å². The third-order valence-corrected chi connectivity index (χ3v) is 6.02. The van der Waals surface area contributed by atoms with Gasteiger partial charge in [-0.2, -0.15) is 0 Å². The number of imide groups is 1. The lowest BCUT2D eigenvalue weighted by Crippen LogP contribution is -2.56. The van der Waals surface area contributed by atoms with E-state index in [1.807, 2.05) is 12.1 Å². The zero-order chi connectivity index (χ0) is 20.8. The van der Waals surface area contributed by atoms with E-state index in [2.05, 4.69) is 10.6 Å². The molecule has 29 heavy (non-hydrogen) atoms. The first kappa shape index (κ1) is 19.9. The number of benzene rings is 1. The van der Waals surface area contributed by atoms with E-state index < -0.39 is 23.9 Å². The minimum atomic E-state index is -2.75. The number of carbonyl (C=O) groups is 3. The molecule has 0 aliphatic carbocycles. The van der Waals surface area contributed by atoms with Crippen molar-refractivity contribution in [1.29, 1.82) is 0 Å². The third-order valence-electron chi connectivity index (χ3n) is 6.02. The van der Waals surface area contributed by atoms with Gasteiger partial charge >= 0.3 is 0 Å². The van der Waals surface area contributed by atoms with Crippen LogP contribution < -0.4 is 10.6 Å². The number of alkyl halides is 2. The zero-order valence-electron chi connectivity index (χ0n) is 16.2. The summed E-state index contributed by atoms with van der Waals surface area (Å²) in [5.41, 5.74) is 2.07. The molecule has 1 aromatic rings. The third kappa shape index (κ3) is 3.76. The SMILES string of the molecule is CN(Cc1ccc2c(c1)C(=O)N(C1CCC(=O)NC1=O)C2)C1CNCCC1(F)F. The van der Waals surface area contributed by atoms with Crippen LogP contribution in [0.2, 0.25) is 0 Å². The summed E-state index contributed by atoms with van der Waals surface area (Å²) in [5.74, 6) is -3.79. The second-order valence-electron chi connectivity index (χ2n) is 8.04. The fourth-order valence-electron chi connectivity index (χ4n) is 4.39. The molecule has 3 aliphatic heterocycles. The number of amides is 3. The van der Waals surface area contributed by atoms with Gasteiger partial charge in [-0.1, -0.05) is 12.1 Å². The van der Waals surface area contributed by atoms with Gasteiger partial charge in [-0.15, -0.1) is 0 Å². The lowest BCUT2D eigenvalue weighted by atomic mass is 10.00. The van der Waals surface area contributed by atoms with Gasteiger partial charge in [-0.25, -0.2) is 8.78 Å². The molecule has 2 atom stereocenters. The number of nitrogens with one attached hydrogen (secondary N) is 2. The average Bonchev–Trinajstić information content (AvgIpc) is 2.97. The first-order chi connectivity index (χ1) is 13.8. The molecule has 0 radical (unpaired) electrons. The molecule has 156 valence electrons. The topological polar surface area (TPSA) is 81.8 Å². The van der Waals surface area contributed by atoms with Crippen molar-refractivity contribution in [3.05, 3.63) is 34.9 Å². The van der Waals surface area contributed by atoms with E-state index in [1.165, 1.54) is 4.90 Å². The minimum Gasteiger partial charge on any atom is -0.322 e. The molecule has 0 saturated carbocycles. The molecule has 2 saturated heterocycles. The van der Waals surface area contributed by atoms with E-state index in [0.29, 0.717) is 31.6 Å². The van der Waals surface area contributed by atoms with Crippen molar-refractivity contribution in [2.75, 3.05) is 20.1 Å². The Hall–Kier alpha value is -2.39. The van der Waals surface area contributed by atoms with Crippen molar-refractivity contribution in [1.82, 2.24) is 20.4 Å². The van der Waals surface area contributed by atoms with Crippen LogP contribution in [0.3, 0.4) is 0 Å². The number of nitrogens with zero attached hydrogens (tertiary/aromatic N) is 2. The van der Waals surface area contributed by atoms with Crippen LogP contribution in [0.1, 0.15) is 40.7 Å². The molecular weight excluding hydrogens is 382 g/mol. The van der Waals surface area contributed by atoms with Crippen LogP contribution in [0.5, 0.6) is 0 Å². The lowest BCUT2D eigenvalue weighted by molar-refractivity contribution is -0.136. The standard InChI is InChI=1S/C20H24F2N4O3/c1-25(16-9-23-7-6-20(16,21)22)10-12-2-3-13-11-26(19(29)14(13)8-12)15-4-5-17(27)24-18(15)28/h2-3,8,15-16,23H,4-7,9-11H2,1H3,(H,24,27,28). The highest BCUT2D eigenvalue weighted by Gasteiger charge is 2.44. The van der Waals surface area contributed by atoms with Crippen LogP contribution in [0.4, 0.5) is 8.78 Å². The molecule has 3 aliphatic rings. The van der Waals surface area contributed by atoms with Gasteiger partial charge in [0.2, 0.25) is 11.8 Å². The summed E-state index contributed by atoms with van der Waals surface area (Å²) >= 11 is 0. The Kier molecular flexibility index (Phi) is 5.12. The van der Waals surface area contributed by atoms with E-state index in [4.69, 9.17) is 0 Å². The molecule has 2 fully saturated rings. The van der Waals surface area contributed by atoms with E-state index in [9.17, 15) is 23.2 Å². The summed E-state index contributed by atoms with van der Waals surface area (Å²) in [6.07, 6.45) is 0.325. The van der Waals surface area contributed by atoms with Crippen molar-refractivity contribution in [2.45, 2.75) is 50.4 Å². The molecule has 2 unspecified atom stereocenters. The number of likely N-dealkylation sites (N-methyl/N-ethyl adjacent to an activating group) is 1. The van der Waals surface area contributed by atoms with E-state index in [1.54, 1.807) is 18.0 Å². The fraction of sp³-hybridized carbons (Fsp3) is 0.550. The molecule has 0 spiro atoms. The number of hydrogen-bond donors (Lipinski definition) is 2. The summed E-state index contributed by atoms with van der Waals surface area (Å²) < 4.78 is 28.4. The van der Waals surface area contributed by atoms with Gasteiger partial charge in [0.05, 0.1) is 6.04 Å². The molecule has 9 heteroatoms. The molecular formula is C20H24F2N4O3. The normalized spacial score (nSPS) is 26.6. The predicted octanol–water partition coefficient (Wildman–Crippen LogP) is 0.877. The Labute approximate surface area is 167 Å². The first-order valence-corrected chi connectivity index (χ1v) is 9.81. The number of hydrogen-bond acceptors (Lipinski definition) is 5. The molecule has 7 nitrogen and oxygen atoms in total. The van der Waals surface area contributed by atoms with E-state index in [0.717, 1.165) is 11.1 Å². The molecule has 3 heterocycles. The first-order valence-electron chi connectivity index (χ1n) is 9.81.